The van der Waals surface area contributed by atoms with Crippen LogP contribution in [0.2, 0.25) is 0 Å². The standard InChI is InChI=1S/C22H32F6N5O2P3/c1-31(2)38(32(3)4,33(5)6)30-37(19-13-9-7-10-14-19,20-15-11-8-12-16-20)29-36(34-17-21(23,24)25)35-18-22(26,27)28/h7-16H,17-18H2,1-6H3. The van der Waals surface area contributed by atoms with E-state index in [0.717, 1.165) is 0 Å². The Bertz CT molecular complexity index is 1040. The molecule has 0 fully saturated rings. The van der Waals surface area contributed by atoms with Gasteiger partial charge in [-0.15, -0.1) is 0 Å². The third-order valence-electron chi connectivity index (χ3n) is 4.97. The van der Waals surface area contributed by atoms with E-state index in [4.69, 9.17) is 13.6 Å². The molecule has 0 saturated heterocycles. The number of alkyl halides is 6. The van der Waals surface area contributed by atoms with E-state index >= 15 is 0 Å². The van der Waals surface area contributed by atoms with Gasteiger partial charge in [0.15, 0.2) is 20.7 Å². The highest BCUT2D eigenvalue weighted by Gasteiger charge is 2.39. The van der Waals surface area contributed by atoms with Gasteiger partial charge in [0.25, 0.3) is 0 Å². The Morgan fingerprint density at radius 1 is 0.658 bits per heavy atom. The molecule has 2 rings (SSSR count). The molecule has 214 valence electrons. The second kappa shape index (κ2) is 13.4. The quantitative estimate of drug-likeness (QED) is 0.209. The van der Waals surface area contributed by atoms with Crippen LogP contribution in [0.15, 0.2) is 69.7 Å². The van der Waals surface area contributed by atoms with E-state index in [9.17, 15) is 26.3 Å². The monoisotopic (exact) mass is 605 g/mol. The van der Waals surface area contributed by atoms with Crippen molar-refractivity contribution in [2.45, 2.75) is 12.4 Å². The molecule has 38 heavy (non-hydrogen) atoms. The first kappa shape index (κ1) is 32.9. The van der Waals surface area contributed by atoms with Gasteiger partial charge in [-0.1, -0.05) is 60.7 Å². The van der Waals surface area contributed by atoms with Crippen molar-refractivity contribution in [3.05, 3.63) is 60.7 Å². The largest absolute Gasteiger partial charge is 0.412 e. The molecular formula is C22H32F6N5O2P3. The van der Waals surface area contributed by atoms with Crippen LogP contribution < -0.4 is 10.6 Å². The first-order valence-corrected chi connectivity index (χ1v) is 15.6. The summed E-state index contributed by atoms with van der Waals surface area (Å²) in [5, 5.41) is 1.06. The van der Waals surface area contributed by atoms with Crippen LogP contribution in [0.4, 0.5) is 26.3 Å². The van der Waals surface area contributed by atoms with Crippen molar-refractivity contribution < 1.29 is 35.4 Å². The number of hydrogen-bond donors (Lipinski definition) is 0. The van der Waals surface area contributed by atoms with Crippen LogP contribution >= 0.6 is 23.2 Å². The highest BCUT2D eigenvalue weighted by atomic mass is 31.2. The Labute approximate surface area is 221 Å². The van der Waals surface area contributed by atoms with E-state index in [1.165, 1.54) is 0 Å². The van der Waals surface area contributed by atoms with Crippen molar-refractivity contribution in [1.29, 1.82) is 0 Å². The summed E-state index contributed by atoms with van der Waals surface area (Å²) in [7, 11) is 1.56. The van der Waals surface area contributed by atoms with Crippen molar-refractivity contribution in [3.8, 4) is 0 Å². The third-order valence-corrected chi connectivity index (χ3v) is 14.5. The molecule has 0 heterocycles. The number of benzene rings is 2. The minimum atomic E-state index is -4.80. The van der Waals surface area contributed by atoms with Gasteiger partial charge in [-0.25, -0.2) is 4.52 Å². The van der Waals surface area contributed by atoms with Gasteiger partial charge < -0.3 is 9.05 Å². The van der Waals surface area contributed by atoms with Gasteiger partial charge in [0.1, 0.15) is 7.21 Å². The molecule has 2 aromatic rings. The molecule has 7 nitrogen and oxygen atoms in total. The molecule has 0 aromatic heterocycles. The fourth-order valence-corrected chi connectivity index (χ4v) is 14.5. The average molecular weight is 605 g/mol. The van der Waals surface area contributed by atoms with E-state index in [1.54, 1.807) is 60.7 Å². The second-order valence-electron chi connectivity index (χ2n) is 8.54. The molecule has 0 aliphatic heterocycles. The van der Waals surface area contributed by atoms with Crippen LogP contribution in [0.1, 0.15) is 0 Å². The summed E-state index contributed by atoms with van der Waals surface area (Å²) >= 11 is 0. The topological polar surface area (TPSA) is 52.9 Å². The lowest BCUT2D eigenvalue weighted by atomic mass is 10.4. The van der Waals surface area contributed by atoms with E-state index in [-0.39, 0.29) is 0 Å². The minimum absolute atomic E-state index is 0.528. The predicted octanol–water partition coefficient (Wildman–Crippen LogP) is 6.77. The number of halogens is 6. The maximum Gasteiger partial charge on any atom is 0.412 e. The lowest BCUT2D eigenvalue weighted by Gasteiger charge is -2.43. The van der Waals surface area contributed by atoms with Gasteiger partial charge in [-0.3, -0.25) is 14.0 Å². The molecule has 0 atom stereocenters. The summed E-state index contributed by atoms with van der Waals surface area (Å²) in [5.74, 6) is 0. The fraction of sp³-hybridized carbons (Fsp3) is 0.455. The third kappa shape index (κ3) is 8.60. The summed E-state index contributed by atoms with van der Waals surface area (Å²) in [6, 6.07) is 17.2. The van der Waals surface area contributed by atoms with Crippen molar-refractivity contribution >= 4 is 33.8 Å². The summed E-state index contributed by atoms with van der Waals surface area (Å²) in [6.07, 6.45) is -9.60. The van der Waals surface area contributed by atoms with Crippen LogP contribution in [0.25, 0.3) is 0 Å². The van der Waals surface area contributed by atoms with E-state index < -0.39 is 48.8 Å². The molecule has 2 aromatic carbocycles. The van der Waals surface area contributed by atoms with Gasteiger partial charge in [-0.2, -0.15) is 30.9 Å². The summed E-state index contributed by atoms with van der Waals surface area (Å²) in [5.41, 5.74) is 0. The molecule has 0 unspecified atom stereocenters. The van der Waals surface area contributed by atoms with Gasteiger partial charge in [-0.05, 0) is 42.3 Å². The molecule has 0 saturated carbocycles. The van der Waals surface area contributed by atoms with Crippen LogP contribution in [-0.2, 0) is 9.05 Å². The van der Waals surface area contributed by atoms with E-state index in [0.29, 0.717) is 10.6 Å². The predicted molar refractivity (Wildman–Crippen MR) is 143 cm³/mol. The van der Waals surface area contributed by atoms with Gasteiger partial charge in [0, 0.05) is 10.6 Å². The average Bonchev–Trinajstić information content (AvgIpc) is 2.82. The number of hydrogen-bond acceptors (Lipinski definition) is 3. The maximum absolute atomic E-state index is 13.1. The van der Waals surface area contributed by atoms with Crippen LogP contribution in [0.5, 0.6) is 0 Å². The lowest BCUT2D eigenvalue weighted by Crippen LogP contribution is -2.31. The SMILES string of the molecule is CN(C)P(=NP(=NP(OCC(F)(F)F)OCC(F)(F)F)(c1ccccc1)c1ccccc1)(N(C)C)N(C)C. The van der Waals surface area contributed by atoms with Crippen molar-refractivity contribution in [1.82, 2.24) is 14.0 Å². The maximum atomic E-state index is 13.1. The second-order valence-corrected chi connectivity index (χ2v) is 16.7. The fourth-order valence-electron chi connectivity index (χ4n) is 3.58. The molecule has 0 aliphatic rings. The molecule has 0 radical (unpaired) electrons. The van der Waals surface area contributed by atoms with E-state index in [1.807, 2.05) is 56.3 Å². The highest BCUT2D eigenvalue weighted by molar-refractivity contribution is 7.86. The highest BCUT2D eigenvalue weighted by Crippen LogP contribution is 2.68. The molecule has 0 bridgehead atoms. The molecular weight excluding hydrogens is 573 g/mol. The van der Waals surface area contributed by atoms with Gasteiger partial charge >= 0.3 is 20.9 Å². The van der Waals surface area contributed by atoms with Crippen LogP contribution in [0.3, 0.4) is 0 Å². The van der Waals surface area contributed by atoms with Crippen molar-refractivity contribution in [2.24, 2.45) is 9.03 Å². The van der Waals surface area contributed by atoms with Crippen molar-refractivity contribution in [3.63, 3.8) is 0 Å². The smallest absolute Gasteiger partial charge is 0.307 e. The van der Waals surface area contributed by atoms with Crippen LogP contribution in [-0.4, -0.2) is 81.9 Å². The Hall–Kier alpha value is -1.29. The van der Waals surface area contributed by atoms with E-state index in [2.05, 4.69) is 4.52 Å². The molecule has 0 spiro atoms. The normalized spacial score (nSPS) is 13.6. The number of nitrogens with zero attached hydrogens (tertiary/aromatic N) is 5. The Kier molecular flexibility index (Phi) is 11.6. The van der Waals surface area contributed by atoms with Crippen molar-refractivity contribution in [2.75, 3.05) is 55.5 Å². The molecule has 0 N–H and O–H groups in total. The minimum Gasteiger partial charge on any atom is -0.307 e. The summed E-state index contributed by atoms with van der Waals surface area (Å²) < 4.78 is 104. The number of rotatable bonds is 11. The first-order chi connectivity index (χ1) is 17.5. The zero-order valence-electron chi connectivity index (χ0n) is 21.8. The summed E-state index contributed by atoms with van der Waals surface area (Å²) in [4.78, 5) is 0. The Balaban J connectivity index is 3.07. The molecule has 0 amide bonds. The summed E-state index contributed by atoms with van der Waals surface area (Å²) in [6.45, 7) is -3.64. The lowest BCUT2D eigenvalue weighted by molar-refractivity contribution is -0.162. The Morgan fingerprint density at radius 2 is 1.00 bits per heavy atom. The van der Waals surface area contributed by atoms with Gasteiger partial charge in [0.05, 0.1) is 0 Å². The Morgan fingerprint density at radius 3 is 1.29 bits per heavy atom. The zero-order valence-corrected chi connectivity index (χ0v) is 24.5. The first-order valence-electron chi connectivity index (χ1n) is 11.1. The zero-order chi connectivity index (χ0) is 28.8. The molecule has 16 heteroatoms. The molecule has 0 aliphatic carbocycles. The van der Waals surface area contributed by atoms with Crippen LogP contribution in [0, 0.1) is 0 Å². The van der Waals surface area contributed by atoms with Gasteiger partial charge in [0.2, 0.25) is 0 Å².